The van der Waals surface area contributed by atoms with E-state index in [0.717, 1.165) is 44.8 Å². The summed E-state index contributed by atoms with van der Waals surface area (Å²) in [4.78, 5) is 18.2. The highest BCUT2D eigenvalue weighted by molar-refractivity contribution is 5.93. The lowest BCUT2D eigenvalue weighted by atomic mass is 9.58. The molecule has 1 aromatic carbocycles. The number of ether oxygens (including phenoxy) is 1. The van der Waals surface area contributed by atoms with Gasteiger partial charge in [0.15, 0.2) is 0 Å². The normalized spacial score (nSPS) is 41.3. The molecule has 4 saturated heterocycles. The average molecular weight is 314 g/mol. The quantitative estimate of drug-likeness (QED) is 0.855. The van der Waals surface area contributed by atoms with E-state index in [2.05, 4.69) is 35.8 Å². The van der Waals surface area contributed by atoms with E-state index in [0.29, 0.717) is 11.9 Å². The van der Waals surface area contributed by atoms with E-state index >= 15 is 0 Å². The second-order valence-electron chi connectivity index (χ2n) is 7.55. The number of piperidine rings is 2. The number of rotatable bonds is 4. The van der Waals surface area contributed by atoms with Gasteiger partial charge in [-0.05, 0) is 30.5 Å². The van der Waals surface area contributed by atoms with E-state index < -0.39 is 0 Å². The molecule has 0 amide bonds. The molecular formula is C19H26N2O2. The zero-order valence-electron chi connectivity index (χ0n) is 14.3. The minimum Gasteiger partial charge on any atom is -0.497 e. The van der Waals surface area contributed by atoms with Gasteiger partial charge >= 0.3 is 0 Å². The lowest BCUT2D eigenvalue weighted by Crippen LogP contribution is -2.76. The number of carbonyl (C=O) groups excluding carboxylic acids is 1. The van der Waals surface area contributed by atoms with Crippen molar-refractivity contribution in [2.45, 2.75) is 32.9 Å². The fourth-order valence-corrected chi connectivity index (χ4v) is 5.16. The van der Waals surface area contributed by atoms with Gasteiger partial charge in [0, 0.05) is 26.2 Å². The zero-order chi connectivity index (χ0) is 16.2. The van der Waals surface area contributed by atoms with Crippen molar-refractivity contribution in [3.8, 4) is 5.75 Å². The minimum atomic E-state index is -0.143. The standard InChI is InChI=1S/C19H26N2O2/c1-4-18-10-20-12-19(5-2,17(18)22)13-21(11-18)16(20)14-6-8-15(23-3)9-7-14/h6-9,16H,4-5,10-13H2,1-3H3. The molecule has 124 valence electrons. The second-order valence-corrected chi connectivity index (χ2v) is 7.55. The number of carbonyl (C=O) groups is 1. The van der Waals surface area contributed by atoms with Crippen LogP contribution in [0.15, 0.2) is 24.3 Å². The van der Waals surface area contributed by atoms with Crippen LogP contribution in [0.5, 0.6) is 5.75 Å². The monoisotopic (exact) mass is 314 g/mol. The molecule has 4 heterocycles. The summed E-state index contributed by atoms with van der Waals surface area (Å²) in [5.74, 6) is 1.43. The number of nitrogens with zero attached hydrogens (tertiary/aromatic N) is 2. The Kier molecular flexibility index (Phi) is 3.33. The Morgan fingerprint density at radius 3 is 1.87 bits per heavy atom. The maximum absolute atomic E-state index is 13.1. The van der Waals surface area contributed by atoms with Crippen molar-refractivity contribution in [3.05, 3.63) is 29.8 Å². The Labute approximate surface area is 138 Å². The van der Waals surface area contributed by atoms with Gasteiger partial charge in [-0.3, -0.25) is 14.6 Å². The fourth-order valence-electron chi connectivity index (χ4n) is 5.16. The summed E-state index contributed by atoms with van der Waals surface area (Å²) in [6, 6.07) is 8.42. The molecule has 0 unspecified atom stereocenters. The summed E-state index contributed by atoms with van der Waals surface area (Å²) in [6.45, 7) is 8.02. The molecule has 0 aromatic heterocycles. The van der Waals surface area contributed by atoms with Crippen molar-refractivity contribution < 1.29 is 9.53 Å². The van der Waals surface area contributed by atoms with Gasteiger partial charge in [-0.25, -0.2) is 0 Å². The van der Waals surface area contributed by atoms with Gasteiger partial charge in [0.25, 0.3) is 0 Å². The summed E-state index contributed by atoms with van der Waals surface area (Å²) < 4.78 is 5.28. The summed E-state index contributed by atoms with van der Waals surface area (Å²) in [5.41, 5.74) is 1.03. The van der Waals surface area contributed by atoms with Gasteiger partial charge in [-0.2, -0.15) is 0 Å². The fraction of sp³-hybridized carbons (Fsp3) is 0.632. The van der Waals surface area contributed by atoms with E-state index in [1.165, 1.54) is 5.56 Å². The van der Waals surface area contributed by atoms with Crippen molar-refractivity contribution in [1.29, 1.82) is 0 Å². The summed E-state index contributed by atoms with van der Waals surface area (Å²) in [7, 11) is 1.70. The molecule has 1 aromatic rings. The molecule has 4 aliphatic rings. The van der Waals surface area contributed by atoms with Crippen LogP contribution < -0.4 is 4.74 Å². The summed E-state index contributed by atoms with van der Waals surface area (Å²) in [5, 5.41) is 0. The van der Waals surface area contributed by atoms with E-state index in [9.17, 15) is 4.79 Å². The van der Waals surface area contributed by atoms with Crippen molar-refractivity contribution >= 4 is 5.78 Å². The first-order valence-corrected chi connectivity index (χ1v) is 8.74. The van der Waals surface area contributed by atoms with Crippen LogP contribution in [0, 0.1) is 10.8 Å². The summed E-state index contributed by atoms with van der Waals surface area (Å²) in [6.07, 6.45) is 2.22. The van der Waals surface area contributed by atoms with Crippen LogP contribution in [0.4, 0.5) is 0 Å². The number of ketones is 1. The van der Waals surface area contributed by atoms with Crippen LogP contribution in [0.2, 0.25) is 0 Å². The lowest BCUT2D eigenvalue weighted by molar-refractivity contribution is -0.204. The Balaban J connectivity index is 1.71. The molecule has 4 aliphatic heterocycles. The van der Waals surface area contributed by atoms with Crippen molar-refractivity contribution in [2.75, 3.05) is 33.3 Å². The van der Waals surface area contributed by atoms with Crippen molar-refractivity contribution in [1.82, 2.24) is 9.80 Å². The molecule has 4 heteroatoms. The van der Waals surface area contributed by atoms with E-state index in [4.69, 9.17) is 4.74 Å². The maximum atomic E-state index is 13.1. The van der Waals surface area contributed by atoms with Crippen LogP contribution in [-0.4, -0.2) is 48.9 Å². The Bertz CT molecular complexity index is 583. The SMILES string of the molecule is CCC12CN3CC(CC)(CN(C1)C3c1ccc(OC)cc1)C2=O. The zero-order valence-corrected chi connectivity index (χ0v) is 14.3. The highest BCUT2D eigenvalue weighted by Crippen LogP contribution is 2.54. The third-order valence-corrected chi connectivity index (χ3v) is 6.45. The van der Waals surface area contributed by atoms with Crippen LogP contribution in [0.25, 0.3) is 0 Å². The second kappa shape index (κ2) is 5.05. The molecule has 0 atom stereocenters. The van der Waals surface area contributed by atoms with Crippen LogP contribution in [0.1, 0.15) is 38.4 Å². The molecule has 4 fully saturated rings. The van der Waals surface area contributed by atoms with Crippen molar-refractivity contribution in [3.63, 3.8) is 0 Å². The molecule has 5 rings (SSSR count). The van der Waals surface area contributed by atoms with Gasteiger partial charge in [-0.15, -0.1) is 0 Å². The number of hydrogen-bond donors (Lipinski definition) is 0. The molecule has 0 N–H and O–H groups in total. The first kappa shape index (κ1) is 15.2. The third-order valence-electron chi connectivity index (χ3n) is 6.45. The maximum Gasteiger partial charge on any atom is 0.150 e. The Hall–Kier alpha value is -1.39. The highest BCUT2D eigenvalue weighted by Gasteiger charge is 2.64. The molecule has 4 bridgehead atoms. The number of benzene rings is 1. The number of hydrogen-bond acceptors (Lipinski definition) is 4. The largest absolute Gasteiger partial charge is 0.497 e. The molecule has 0 radical (unpaired) electrons. The van der Waals surface area contributed by atoms with Gasteiger partial charge in [0.05, 0.1) is 24.1 Å². The lowest BCUT2D eigenvalue weighted by Gasteiger charge is -2.66. The Morgan fingerprint density at radius 1 is 1.00 bits per heavy atom. The predicted molar refractivity (Wildman–Crippen MR) is 89.3 cm³/mol. The topological polar surface area (TPSA) is 32.8 Å². The van der Waals surface area contributed by atoms with E-state index in [1.807, 2.05) is 12.1 Å². The third kappa shape index (κ3) is 1.94. The predicted octanol–water partition coefficient (Wildman–Crippen LogP) is 2.70. The molecular weight excluding hydrogens is 288 g/mol. The first-order valence-electron chi connectivity index (χ1n) is 8.74. The molecule has 0 aliphatic carbocycles. The van der Waals surface area contributed by atoms with E-state index in [1.54, 1.807) is 7.11 Å². The van der Waals surface area contributed by atoms with Gasteiger partial charge in [0.2, 0.25) is 0 Å². The van der Waals surface area contributed by atoms with Crippen LogP contribution >= 0.6 is 0 Å². The smallest absolute Gasteiger partial charge is 0.150 e. The minimum absolute atomic E-state index is 0.143. The average Bonchev–Trinajstić information content (AvgIpc) is 2.58. The molecule has 23 heavy (non-hydrogen) atoms. The van der Waals surface area contributed by atoms with Gasteiger partial charge in [-0.1, -0.05) is 26.0 Å². The number of Topliss-reactive ketones (excluding diaryl/α,β-unsaturated/α-hetero) is 1. The van der Waals surface area contributed by atoms with Crippen molar-refractivity contribution in [2.24, 2.45) is 10.8 Å². The first-order chi connectivity index (χ1) is 11.1. The van der Waals surface area contributed by atoms with E-state index in [-0.39, 0.29) is 10.8 Å². The van der Waals surface area contributed by atoms with Gasteiger partial charge < -0.3 is 4.74 Å². The molecule has 0 saturated carbocycles. The Morgan fingerprint density at radius 2 is 1.48 bits per heavy atom. The highest BCUT2D eigenvalue weighted by atomic mass is 16.5. The van der Waals surface area contributed by atoms with Gasteiger partial charge in [0.1, 0.15) is 11.5 Å². The molecule has 4 nitrogen and oxygen atoms in total. The summed E-state index contributed by atoms with van der Waals surface area (Å²) >= 11 is 0. The van der Waals surface area contributed by atoms with Crippen LogP contribution in [-0.2, 0) is 4.79 Å². The number of methoxy groups -OCH3 is 1. The molecule has 0 spiro atoms. The van der Waals surface area contributed by atoms with Crippen LogP contribution in [0.3, 0.4) is 0 Å².